The van der Waals surface area contributed by atoms with Crippen molar-refractivity contribution < 1.29 is 4.79 Å². The third kappa shape index (κ3) is 9.10. The van der Waals surface area contributed by atoms with Crippen LogP contribution in [0.1, 0.15) is 39.5 Å². The van der Waals surface area contributed by atoms with Crippen LogP contribution in [0.2, 0.25) is 0 Å². The molecule has 0 aliphatic heterocycles. The first-order valence-corrected chi connectivity index (χ1v) is 4.85. The van der Waals surface area contributed by atoms with Gasteiger partial charge in [-0.05, 0) is 13.0 Å². The average Bonchev–Trinajstić information content (AvgIpc) is 2.08. The van der Waals surface area contributed by atoms with Gasteiger partial charge < -0.3 is 5.32 Å². The SMILES string of the molecule is C#CCCC(=O)CCCNC(C)C. The van der Waals surface area contributed by atoms with Crippen molar-refractivity contribution in [3.8, 4) is 12.3 Å². The first-order chi connectivity index (χ1) is 6.16. The molecule has 0 unspecified atom stereocenters. The van der Waals surface area contributed by atoms with Gasteiger partial charge in [0.05, 0.1) is 0 Å². The zero-order chi connectivity index (χ0) is 10.1. The Morgan fingerprint density at radius 1 is 1.46 bits per heavy atom. The number of carbonyl (C=O) groups is 1. The standard InChI is InChI=1S/C11H19NO/c1-4-5-7-11(13)8-6-9-12-10(2)3/h1,10,12H,5-9H2,2-3H3. The van der Waals surface area contributed by atoms with Gasteiger partial charge in [-0.2, -0.15) is 0 Å². The van der Waals surface area contributed by atoms with Gasteiger partial charge in [0, 0.05) is 25.3 Å². The maximum absolute atomic E-state index is 11.1. The Hall–Kier alpha value is -0.810. The molecule has 0 aromatic heterocycles. The minimum absolute atomic E-state index is 0.281. The van der Waals surface area contributed by atoms with Crippen molar-refractivity contribution >= 4 is 5.78 Å². The Balaban J connectivity index is 3.23. The number of hydrogen-bond donors (Lipinski definition) is 1. The molecule has 2 heteroatoms. The Bertz CT molecular complexity index is 179. The van der Waals surface area contributed by atoms with Crippen molar-refractivity contribution in [1.29, 1.82) is 0 Å². The van der Waals surface area contributed by atoms with E-state index < -0.39 is 0 Å². The normalized spacial score (nSPS) is 10.0. The lowest BCUT2D eigenvalue weighted by Crippen LogP contribution is -2.24. The molecule has 0 aliphatic rings. The molecule has 0 saturated heterocycles. The first-order valence-electron chi connectivity index (χ1n) is 4.85. The third-order valence-corrected chi connectivity index (χ3v) is 1.73. The molecule has 2 nitrogen and oxygen atoms in total. The van der Waals surface area contributed by atoms with Gasteiger partial charge in [0.15, 0.2) is 0 Å². The van der Waals surface area contributed by atoms with E-state index in [4.69, 9.17) is 6.42 Å². The molecule has 74 valence electrons. The van der Waals surface area contributed by atoms with Gasteiger partial charge in [-0.1, -0.05) is 13.8 Å². The number of ketones is 1. The first kappa shape index (κ1) is 12.2. The molecule has 13 heavy (non-hydrogen) atoms. The number of nitrogens with one attached hydrogen (secondary N) is 1. The van der Waals surface area contributed by atoms with Crippen molar-refractivity contribution in [2.75, 3.05) is 6.54 Å². The molecule has 0 radical (unpaired) electrons. The Morgan fingerprint density at radius 3 is 2.69 bits per heavy atom. The number of Topliss-reactive ketones (excluding diaryl/α,β-unsaturated/α-hetero) is 1. The average molecular weight is 181 g/mol. The van der Waals surface area contributed by atoms with Crippen molar-refractivity contribution in [3.05, 3.63) is 0 Å². The summed E-state index contributed by atoms with van der Waals surface area (Å²) >= 11 is 0. The Morgan fingerprint density at radius 2 is 2.15 bits per heavy atom. The van der Waals surface area contributed by atoms with E-state index in [2.05, 4.69) is 25.1 Å². The summed E-state index contributed by atoms with van der Waals surface area (Å²) in [5, 5.41) is 3.26. The maximum atomic E-state index is 11.1. The van der Waals surface area contributed by atoms with E-state index >= 15 is 0 Å². The highest BCUT2D eigenvalue weighted by molar-refractivity contribution is 5.78. The molecule has 1 N–H and O–H groups in total. The predicted molar refractivity (Wildman–Crippen MR) is 55.4 cm³/mol. The minimum atomic E-state index is 0.281. The molecule has 0 spiro atoms. The van der Waals surface area contributed by atoms with Gasteiger partial charge in [-0.3, -0.25) is 4.79 Å². The summed E-state index contributed by atoms with van der Waals surface area (Å²) in [5.74, 6) is 2.75. The molecule has 0 aliphatic carbocycles. The van der Waals surface area contributed by atoms with E-state index in [1.165, 1.54) is 0 Å². The van der Waals surface area contributed by atoms with Gasteiger partial charge in [-0.25, -0.2) is 0 Å². The summed E-state index contributed by atoms with van der Waals surface area (Å²) in [6.45, 7) is 5.11. The van der Waals surface area contributed by atoms with E-state index in [0.29, 0.717) is 25.3 Å². The second-order valence-electron chi connectivity index (χ2n) is 3.46. The largest absolute Gasteiger partial charge is 0.315 e. The van der Waals surface area contributed by atoms with Crippen LogP contribution in [-0.4, -0.2) is 18.4 Å². The molecular formula is C11H19NO. The quantitative estimate of drug-likeness (QED) is 0.479. The highest BCUT2D eigenvalue weighted by Gasteiger charge is 2.00. The van der Waals surface area contributed by atoms with Gasteiger partial charge in [0.2, 0.25) is 0 Å². The molecule has 0 atom stereocenters. The summed E-state index contributed by atoms with van der Waals surface area (Å²) in [6, 6.07) is 0.501. The van der Waals surface area contributed by atoms with Crippen molar-refractivity contribution in [3.63, 3.8) is 0 Å². The second-order valence-corrected chi connectivity index (χ2v) is 3.46. The minimum Gasteiger partial charge on any atom is -0.315 e. The third-order valence-electron chi connectivity index (χ3n) is 1.73. The zero-order valence-electron chi connectivity index (χ0n) is 8.60. The van der Waals surface area contributed by atoms with Crippen LogP contribution in [0.15, 0.2) is 0 Å². The van der Waals surface area contributed by atoms with E-state index in [9.17, 15) is 4.79 Å². The van der Waals surface area contributed by atoms with Crippen molar-refractivity contribution in [2.45, 2.75) is 45.6 Å². The molecule has 0 bridgehead atoms. The van der Waals surface area contributed by atoms with Crippen LogP contribution in [0.4, 0.5) is 0 Å². The topological polar surface area (TPSA) is 29.1 Å². The molecule has 0 heterocycles. The molecule has 0 rings (SSSR count). The number of terminal acetylenes is 1. The van der Waals surface area contributed by atoms with Crippen LogP contribution < -0.4 is 5.32 Å². The summed E-state index contributed by atoms with van der Waals surface area (Å²) in [4.78, 5) is 11.1. The van der Waals surface area contributed by atoms with Gasteiger partial charge in [-0.15, -0.1) is 12.3 Å². The summed E-state index contributed by atoms with van der Waals surface area (Å²) in [7, 11) is 0. The lowest BCUT2D eigenvalue weighted by Gasteiger charge is -2.06. The number of hydrogen-bond acceptors (Lipinski definition) is 2. The molecular weight excluding hydrogens is 162 g/mol. The lowest BCUT2D eigenvalue weighted by atomic mass is 10.1. The monoisotopic (exact) mass is 181 g/mol. The van der Waals surface area contributed by atoms with Crippen LogP contribution in [0.3, 0.4) is 0 Å². The summed E-state index contributed by atoms with van der Waals surface area (Å²) < 4.78 is 0. The lowest BCUT2D eigenvalue weighted by molar-refractivity contribution is -0.119. The van der Waals surface area contributed by atoms with Crippen molar-refractivity contribution in [2.24, 2.45) is 0 Å². The molecule has 0 aromatic rings. The summed E-state index contributed by atoms with van der Waals surface area (Å²) in [5.41, 5.74) is 0. The van der Waals surface area contributed by atoms with E-state index in [1.54, 1.807) is 0 Å². The Kier molecular flexibility index (Phi) is 7.33. The van der Waals surface area contributed by atoms with Crippen molar-refractivity contribution in [1.82, 2.24) is 5.32 Å². The fraction of sp³-hybridized carbons (Fsp3) is 0.727. The smallest absolute Gasteiger partial charge is 0.133 e. The highest BCUT2D eigenvalue weighted by Crippen LogP contribution is 1.97. The molecule has 0 aromatic carbocycles. The maximum Gasteiger partial charge on any atom is 0.133 e. The van der Waals surface area contributed by atoms with Gasteiger partial charge in [0.25, 0.3) is 0 Å². The number of carbonyl (C=O) groups excluding carboxylic acids is 1. The van der Waals surface area contributed by atoms with Crippen LogP contribution in [0.5, 0.6) is 0 Å². The highest BCUT2D eigenvalue weighted by atomic mass is 16.1. The fourth-order valence-corrected chi connectivity index (χ4v) is 1.01. The van der Waals surface area contributed by atoms with E-state index in [-0.39, 0.29) is 5.78 Å². The van der Waals surface area contributed by atoms with Crippen LogP contribution >= 0.6 is 0 Å². The molecule has 0 fully saturated rings. The Labute approximate surface area is 81.1 Å². The second kappa shape index (κ2) is 7.82. The van der Waals surface area contributed by atoms with E-state index in [0.717, 1.165) is 13.0 Å². The molecule has 0 amide bonds. The van der Waals surface area contributed by atoms with Crippen LogP contribution in [0, 0.1) is 12.3 Å². The van der Waals surface area contributed by atoms with Gasteiger partial charge in [0.1, 0.15) is 5.78 Å². The number of rotatable bonds is 7. The van der Waals surface area contributed by atoms with E-state index in [1.807, 2.05) is 0 Å². The zero-order valence-corrected chi connectivity index (χ0v) is 8.60. The summed E-state index contributed by atoms with van der Waals surface area (Å²) in [6.07, 6.45) is 7.75. The van der Waals surface area contributed by atoms with Crippen LogP contribution in [-0.2, 0) is 4.79 Å². The van der Waals surface area contributed by atoms with Crippen LogP contribution in [0.25, 0.3) is 0 Å². The van der Waals surface area contributed by atoms with Gasteiger partial charge >= 0.3 is 0 Å². The predicted octanol–water partition coefficient (Wildman–Crippen LogP) is 1.75. The fourth-order valence-electron chi connectivity index (χ4n) is 1.01. The molecule has 0 saturated carbocycles.